The lowest BCUT2D eigenvalue weighted by atomic mass is 10.3. The maximum absolute atomic E-state index is 11.9. The quantitative estimate of drug-likeness (QED) is 0.664. The molecule has 1 aromatic heterocycles. The fourth-order valence-corrected chi connectivity index (χ4v) is 1.33. The first-order valence-corrected chi connectivity index (χ1v) is 5.25. The number of amides is 2. The first-order valence-electron chi connectivity index (χ1n) is 5.25. The number of aromatic amines is 1. The van der Waals surface area contributed by atoms with Crippen molar-refractivity contribution in [2.24, 2.45) is 0 Å². The number of carbonyl (C=O) groups excluding carboxylic acids is 2. The van der Waals surface area contributed by atoms with Gasteiger partial charge in [0, 0.05) is 13.1 Å². The lowest BCUT2D eigenvalue weighted by Crippen LogP contribution is -2.40. The van der Waals surface area contributed by atoms with Gasteiger partial charge in [-0.2, -0.15) is 5.10 Å². The summed E-state index contributed by atoms with van der Waals surface area (Å²) in [5.41, 5.74) is 5.79. The first-order chi connectivity index (χ1) is 7.91. The fraction of sp³-hybridized carbons (Fsp3) is 0.500. The maximum atomic E-state index is 11.9. The minimum atomic E-state index is -0.338. The molecule has 4 N–H and O–H groups in total. The van der Waals surface area contributed by atoms with Gasteiger partial charge in [0.15, 0.2) is 0 Å². The zero-order valence-corrected chi connectivity index (χ0v) is 10.2. The van der Waals surface area contributed by atoms with Crippen LogP contribution in [0.5, 0.6) is 0 Å². The molecule has 0 saturated carbocycles. The van der Waals surface area contributed by atoms with Gasteiger partial charge in [-0.15, -0.1) is 0 Å². The average molecular weight is 239 g/mol. The van der Waals surface area contributed by atoms with E-state index in [-0.39, 0.29) is 35.8 Å². The van der Waals surface area contributed by atoms with Crippen molar-refractivity contribution in [3.8, 4) is 0 Å². The van der Waals surface area contributed by atoms with Gasteiger partial charge in [0.05, 0.1) is 12.7 Å². The predicted molar refractivity (Wildman–Crippen MR) is 63.2 cm³/mol. The van der Waals surface area contributed by atoms with Gasteiger partial charge in [0.1, 0.15) is 11.4 Å². The van der Waals surface area contributed by atoms with Crippen LogP contribution >= 0.6 is 0 Å². The normalized spacial score (nSPS) is 10.4. The van der Waals surface area contributed by atoms with E-state index in [1.54, 1.807) is 0 Å². The zero-order valence-electron chi connectivity index (χ0n) is 10.2. The third-order valence-electron chi connectivity index (χ3n) is 2.08. The highest BCUT2D eigenvalue weighted by Crippen LogP contribution is 2.08. The van der Waals surface area contributed by atoms with E-state index in [4.69, 9.17) is 5.73 Å². The largest absolute Gasteiger partial charge is 0.383 e. The number of nitrogens with one attached hydrogen (secondary N) is 2. The van der Waals surface area contributed by atoms with Gasteiger partial charge in [0.2, 0.25) is 5.91 Å². The van der Waals surface area contributed by atoms with Gasteiger partial charge in [0.25, 0.3) is 5.91 Å². The molecule has 1 aromatic rings. The number of nitrogen functional groups attached to an aromatic ring is 1. The topological polar surface area (TPSA) is 104 Å². The third-order valence-corrected chi connectivity index (χ3v) is 2.08. The minimum Gasteiger partial charge on any atom is -0.383 e. The molecule has 0 bridgehead atoms. The summed E-state index contributed by atoms with van der Waals surface area (Å²) in [7, 11) is 1.54. The Morgan fingerprint density at radius 1 is 1.59 bits per heavy atom. The van der Waals surface area contributed by atoms with E-state index >= 15 is 0 Å². The van der Waals surface area contributed by atoms with Crippen LogP contribution in [0.2, 0.25) is 0 Å². The van der Waals surface area contributed by atoms with Crippen LogP contribution in [0.3, 0.4) is 0 Å². The number of hydrogen-bond donors (Lipinski definition) is 3. The highest BCUT2D eigenvalue weighted by atomic mass is 16.2. The molecule has 0 unspecified atom stereocenters. The van der Waals surface area contributed by atoms with Crippen molar-refractivity contribution in [3.05, 3.63) is 11.8 Å². The third kappa shape index (κ3) is 3.47. The van der Waals surface area contributed by atoms with Crippen LogP contribution in [-0.4, -0.2) is 46.5 Å². The lowest BCUT2D eigenvalue weighted by Gasteiger charge is -2.17. The Labute approximate surface area is 99.4 Å². The van der Waals surface area contributed by atoms with Gasteiger partial charge < -0.3 is 16.0 Å². The number of anilines is 1. The molecule has 1 heterocycles. The van der Waals surface area contributed by atoms with Crippen LogP contribution in [0.1, 0.15) is 24.2 Å². The predicted octanol–water partition coefficient (Wildman–Crippen LogP) is -0.411. The highest BCUT2D eigenvalue weighted by molar-refractivity contribution is 5.99. The van der Waals surface area contributed by atoms with Gasteiger partial charge >= 0.3 is 0 Å². The van der Waals surface area contributed by atoms with E-state index in [1.807, 2.05) is 13.8 Å². The SMILES string of the molecule is CC(C)NC(=O)CN(C)C(=O)c1cn[nH]c1N. The molecule has 2 amide bonds. The van der Waals surface area contributed by atoms with E-state index < -0.39 is 0 Å². The molecule has 0 aromatic carbocycles. The zero-order chi connectivity index (χ0) is 13.0. The summed E-state index contributed by atoms with van der Waals surface area (Å²) in [4.78, 5) is 24.6. The molecule has 0 aliphatic carbocycles. The molecule has 0 spiro atoms. The van der Waals surface area contributed by atoms with Crippen LogP contribution in [0.25, 0.3) is 0 Å². The van der Waals surface area contributed by atoms with E-state index in [1.165, 1.54) is 18.1 Å². The van der Waals surface area contributed by atoms with Crippen molar-refractivity contribution in [2.45, 2.75) is 19.9 Å². The van der Waals surface area contributed by atoms with Crippen molar-refractivity contribution in [1.82, 2.24) is 20.4 Å². The van der Waals surface area contributed by atoms with Crippen molar-refractivity contribution in [3.63, 3.8) is 0 Å². The Morgan fingerprint density at radius 2 is 2.24 bits per heavy atom. The van der Waals surface area contributed by atoms with Crippen LogP contribution in [-0.2, 0) is 4.79 Å². The van der Waals surface area contributed by atoms with Crippen molar-refractivity contribution >= 4 is 17.6 Å². The van der Waals surface area contributed by atoms with Gasteiger partial charge in [-0.05, 0) is 13.8 Å². The van der Waals surface area contributed by atoms with Crippen molar-refractivity contribution < 1.29 is 9.59 Å². The summed E-state index contributed by atoms with van der Waals surface area (Å²) >= 11 is 0. The molecular weight excluding hydrogens is 222 g/mol. The molecule has 1 rings (SSSR count). The summed E-state index contributed by atoms with van der Waals surface area (Å²) in [5.74, 6) is -0.348. The molecule has 94 valence electrons. The molecule has 0 radical (unpaired) electrons. The smallest absolute Gasteiger partial charge is 0.259 e. The summed E-state index contributed by atoms with van der Waals surface area (Å²) in [5, 5.41) is 8.83. The Hall–Kier alpha value is -2.05. The Morgan fingerprint density at radius 3 is 2.71 bits per heavy atom. The standard InChI is InChI=1S/C10H17N5O2/c1-6(2)13-8(16)5-15(3)10(17)7-4-12-14-9(7)11/h4,6H,5H2,1-3H3,(H,13,16)(H3,11,12,14). The van der Waals surface area contributed by atoms with Crippen LogP contribution < -0.4 is 11.1 Å². The second-order valence-electron chi connectivity index (χ2n) is 4.08. The molecule has 0 atom stereocenters. The summed E-state index contributed by atoms with van der Waals surface area (Å²) in [6.07, 6.45) is 1.34. The van der Waals surface area contributed by atoms with E-state index in [0.29, 0.717) is 0 Å². The molecule has 0 fully saturated rings. The molecule has 0 aliphatic rings. The molecular formula is C10H17N5O2. The van der Waals surface area contributed by atoms with E-state index in [9.17, 15) is 9.59 Å². The lowest BCUT2D eigenvalue weighted by molar-refractivity contribution is -0.122. The average Bonchev–Trinajstić information content (AvgIpc) is 2.61. The summed E-state index contributed by atoms with van der Waals surface area (Å²) in [6.45, 7) is 3.70. The van der Waals surface area contributed by atoms with Gasteiger partial charge in [-0.3, -0.25) is 14.7 Å². The minimum absolute atomic E-state index is 0.0123. The van der Waals surface area contributed by atoms with Crippen LogP contribution in [0.4, 0.5) is 5.82 Å². The van der Waals surface area contributed by atoms with Gasteiger partial charge in [-0.1, -0.05) is 0 Å². The maximum Gasteiger partial charge on any atom is 0.259 e. The molecule has 7 nitrogen and oxygen atoms in total. The number of hydrogen-bond acceptors (Lipinski definition) is 4. The number of aromatic nitrogens is 2. The Balaban J connectivity index is 2.59. The highest BCUT2D eigenvalue weighted by Gasteiger charge is 2.18. The number of rotatable bonds is 4. The molecule has 0 saturated heterocycles. The summed E-state index contributed by atoms with van der Waals surface area (Å²) < 4.78 is 0. The monoisotopic (exact) mass is 239 g/mol. The molecule has 0 aliphatic heterocycles. The Bertz CT molecular complexity index is 413. The van der Waals surface area contributed by atoms with Crippen molar-refractivity contribution in [1.29, 1.82) is 0 Å². The first kappa shape index (κ1) is 13.0. The van der Waals surface area contributed by atoms with Crippen molar-refractivity contribution in [2.75, 3.05) is 19.3 Å². The summed E-state index contributed by atoms with van der Waals surface area (Å²) in [6, 6.07) is 0.0463. The van der Waals surface area contributed by atoms with Crippen LogP contribution in [0.15, 0.2) is 6.20 Å². The number of likely N-dealkylation sites (N-methyl/N-ethyl adjacent to an activating group) is 1. The fourth-order valence-electron chi connectivity index (χ4n) is 1.33. The number of H-pyrrole nitrogens is 1. The van der Waals surface area contributed by atoms with E-state index in [2.05, 4.69) is 15.5 Å². The van der Waals surface area contributed by atoms with Gasteiger partial charge in [-0.25, -0.2) is 0 Å². The Kier molecular flexibility index (Phi) is 4.08. The number of carbonyl (C=O) groups is 2. The molecule has 17 heavy (non-hydrogen) atoms. The number of nitrogens with zero attached hydrogens (tertiary/aromatic N) is 2. The second-order valence-corrected chi connectivity index (χ2v) is 4.08. The molecule has 7 heteroatoms. The second kappa shape index (κ2) is 5.33. The van der Waals surface area contributed by atoms with Crippen LogP contribution in [0, 0.1) is 0 Å². The number of nitrogens with two attached hydrogens (primary N) is 1. The van der Waals surface area contributed by atoms with E-state index in [0.717, 1.165) is 0 Å².